The van der Waals surface area contributed by atoms with Crippen LogP contribution >= 0.6 is 15.9 Å². The van der Waals surface area contributed by atoms with Crippen LogP contribution in [0, 0.1) is 0 Å². The molecule has 14 heavy (non-hydrogen) atoms. The van der Waals surface area contributed by atoms with Crippen LogP contribution in [0.15, 0.2) is 22.9 Å². The van der Waals surface area contributed by atoms with Gasteiger partial charge in [-0.05, 0) is 35.3 Å². The topological polar surface area (TPSA) is 42.4 Å². The predicted octanol–water partition coefficient (Wildman–Crippen LogP) is 2.38. The standard InChI is InChI=1S/C10H14BrNO2/c1-3-10(2,13)7-14-9-4-8(11)5-12-6-9/h4-6,13H,3,7H2,1-2H3. The Morgan fingerprint density at radius 2 is 2.29 bits per heavy atom. The molecule has 0 fully saturated rings. The Balaban J connectivity index is 2.54. The first kappa shape index (κ1) is 11.5. The molecule has 0 saturated heterocycles. The molecule has 0 aliphatic rings. The maximum absolute atomic E-state index is 9.70. The molecule has 0 spiro atoms. The second-order valence-electron chi connectivity index (χ2n) is 3.48. The summed E-state index contributed by atoms with van der Waals surface area (Å²) < 4.78 is 6.27. The molecule has 1 atom stereocenters. The van der Waals surface area contributed by atoms with Crippen LogP contribution in [0.25, 0.3) is 0 Å². The van der Waals surface area contributed by atoms with Gasteiger partial charge in [0.25, 0.3) is 0 Å². The molecule has 1 aromatic heterocycles. The molecule has 4 heteroatoms. The van der Waals surface area contributed by atoms with E-state index in [2.05, 4.69) is 20.9 Å². The maximum Gasteiger partial charge on any atom is 0.138 e. The molecule has 0 aliphatic carbocycles. The summed E-state index contributed by atoms with van der Waals surface area (Å²) in [5.41, 5.74) is -0.775. The van der Waals surface area contributed by atoms with Gasteiger partial charge >= 0.3 is 0 Å². The van der Waals surface area contributed by atoms with Gasteiger partial charge in [-0.1, -0.05) is 6.92 Å². The fraction of sp³-hybridized carbons (Fsp3) is 0.500. The van der Waals surface area contributed by atoms with E-state index in [-0.39, 0.29) is 6.61 Å². The molecular weight excluding hydrogens is 246 g/mol. The summed E-state index contributed by atoms with van der Waals surface area (Å²) in [5, 5.41) is 9.70. The van der Waals surface area contributed by atoms with Gasteiger partial charge < -0.3 is 9.84 Å². The van der Waals surface area contributed by atoms with E-state index in [0.717, 1.165) is 4.47 Å². The van der Waals surface area contributed by atoms with Crippen molar-refractivity contribution < 1.29 is 9.84 Å². The first-order valence-corrected chi connectivity index (χ1v) is 5.28. The Morgan fingerprint density at radius 3 is 2.86 bits per heavy atom. The van der Waals surface area contributed by atoms with E-state index >= 15 is 0 Å². The van der Waals surface area contributed by atoms with Gasteiger partial charge in [0, 0.05) is 10.7 Å². The Hall–Kier alpha value is -0.610. The molecule has 78 valence electrons. The highest BCUT2D eigenvalue weighted by Gasteiger charge is 2.18. The smallest absolute Gasteiger partial charge is 0.138 e. The third-order valence-electron chi connectivity index (χ3n) is 1.99. The molecule has 0 radical (unpaired) electrons. The van der Waals surface area contributed by atoms with Crippen LogP contribution in [0.2, 0.25) is 0 Å². The Bertz CT molecular complexity index is 302. The third-order valence-corrected chi connectivity index (χ3v) is 2.42. The normalized spacial score (nSPS) is 14.9. The number of pyridine rings is 1. The van der Waals surface area contributed by atoms with Crippen LogP contribution in [0.4, 0.5) is 0 Å². The number of hydrogen-bond acceptors (Lipinski definition) is 3. The second kappa shape index (κ2) is 4.75. The van der Waals surface area contributed by atoms with Gasteiger partial charge in [-0.3, -0.25) is 4.98 Å². The van der Waals surface area contributed by atoms with Gasteiger partial charge in [0.15, 0.2) is 0 Å². The molecule has 1 aromatic rings. The Kier molecular flexibility index (Phi) is 3.89. The first-order valence-electron chi connectivity index (χ1n) is 4.49. The largest absolute Gasteiger partial charge is 0.489 e. The zero-order chi connectivity index (χ0) is 10.6. The van der Waals surface area contributed by atoms with Gasteiger partial charge in [0.2, 0.25) is 0 Å². The van der Waals surface area contributed by atoms with E-state index in [0.29, 0.717) is 12.2 Å². The average Bonchev–Trinajstić information content (AvgIpc) is 2.15. The fourth-order valence-corrected chi connectivity index (χ4v) is 1.16. The average molecular weight is 260 g/mol. The van der Waals surface area contributed by atoms with Crippen molar-refractivity contribution in [2.75, 3.05) is 6.61 Å². The van der Waals surface area contributed by atoms with Crippen molar-refractivity contribution in [2.24, 2.45) is 0 Å². The minimum atomic E-state index is -0.775. The maximum atomic E-state index is 9.70. The SMILES string of the molecule is CCC(C)(O)COc1cncc(Br)c1. The van der Waals surface area contributed by atoms with Crippen LogP contribution in [-0.4, -0.2) is 22.3 Å². The van der Waals surface area contributed by atoms with E-state index in [1.165, 1.54) is 0 Å². The molecule has 1 unspecified atom stereocenters. The van der Waals surface area contributed by atoms with E-state index in [1.54, 1.807) is 19.3 Å². The van der Waals surface area contributed by atoms with E-state index in [9.17, 15) is 5.11 Å². The van der Waals surface area contributed by atoms with Gasteiger partial charge in [0.1, 0.15) is 12.4 Å². The number of aromatic nitrogens is 1. The lowest BCUT2D eigenvalue weighted by molar-refractivity contribution is 0.00834. The summed E-state index contributed by atoms with van der Waals surface area (Å²) in [4.78, 5) is 3.96. The zero-order valence-corrected chi connectivity index (χ0v) is 9.91. The summed E-state index contributed by atoms with van der Waals surface area (Å²) >= 11 is 3.29. The third kappa shape index (κ3) is 3.64. The molecule has 0 saturated carbocycles. The predicted molar refractivity (Wildman–Crippen MR) is 58.3 cm³/mol. The van der Waals surface area contributed by atoms with Crippen molar-refractivity contribution in [3.05, 3.63) is 22.9 Å². The number of halogens is 1. The first-order chi connectivity index (χ1) is 6.53. The number of nitrogens with zero attached hydrogens (tertiary/aromatic N) is 1. The Morgan fingerprint density at radius 1 is 1.57 bits per heavy atom. The molecular formula is C10H14BrNO2. The molecule has 0 bridgehead atoms. The van der Waals surface area contributed by atoms with Crippen molar-refractivity contribution >= 4 is 15.9 Å². The lowest BCUT2D eigenvalue weighted by atomic mass is 10.1. The van der Waals surface area contributed by atoms with Gasteiger partial charge in [-0.25, -0.2) is 0 Å². The number of hydrogen-bond donors (Lipinski definition) is 1. The van der Waals surface area contributed by atoms with Crippen LogP contribution in [0.5, 0.6) is 5.75 Å². The summed E-state index contributed by atoms with van der Waals surface area (Å²) in [6, 6.07) is 1.82. The molecule has 1 N–H and O–H groups in total. The lowest BCUT2D eigenvalue weighted by Crippen LogP contribution is -2.31. The van der Waals surface area contributed by atoms with Crippen molar-refractivity contribution in [1.29, 1.82) is 0 Å². The van der Waals surface area contributed by atoms with E-state index in [4.69, 9.17) is 4.74 Å². The van der Waals surface area contributed by atoms with Crippen molar-refractivity contribution in [3.8, 4) is 5.75 Å². The van der Waals surface area contributed by atoms with E-state index in [1.807, 2.05) is 13.0 Å². The summed E-state index contributed by atoms with van der Waals surface area (Å²) in [5.74, 6) is 0.660. The molecule has 1 heterocycles. The molecule has 1 rings (SSSR count). The van der Waals surface area contributed by atoms with Crippen molar-refractivity contribution in [1.82, 2.24) is 4.98 Å². The molecule has 0 amide bonds. The van der Waals surface area contributed by atoms with Crippen LogP contribution < -0.4 is 4.74 Å². The second-order valence-corrected chi connectivity index (χ2v) is 4.39. The highest BCUT2D eigenvalue weighted by atomic mass is 79.9. The summed E-state index contributed by atoms with van der Waals surface area (Å²) in [6.07, 6.45) is 3.97. The minimum Gasteiger partial charge on any atom is -0.489 e. The van der Waals surface area contributed by atoms with Crippen LogP contribution in [-0.2, 0) is 0 Å². The number of ether oxygens (including phenoxy) is 1. The van der Waals surface area contributed by atoms with Gasteiger partial charge in [-0.15, -0.1) is 0 Å². The highest BCUT2D eigenvalue weighted by Crippen LogP contribution is 2.18. The molecule has 0 aromatic carbocycles. The van der Waals surface area contributed by atoms with Gasteiger partial charge in [-0.2, -0.15) is 0 Å². The van der Waals surface area contributed by atoms with Crippen molar-refractivity contribution in [3.63, 3.8) is 0 Å². The van der Waals surface area contributed by atoms with Crippen LogP contribution in [0.3, 0.4) is 0 Å². The van der Waals surface area contributed by atoms with Crippen molar-refractivity contribution in [2.45, 2.75) is 25.9 Å². The van der Waals surface area contributed by atoms with Crippen LogP contribution in [0.1, 0.15) is 20.3 Å². The molecule has 3 nitrogen and oxygen atoms in total. The minimum absolute atomic E-state index is 0.279. The molecule has 0 aliphatic heterocycles. The summed E-state index contributed by atoms with van der Waals surface area (Å²) in [7, 11) is 0. The zero-order valence-electron chi connectivity index (χ0n) is 8.33. The van der Waals surface area contributed by atoms with Gasteiger partial charge in [0.05, 0.1) is 11.8 Å². The summed E-state index contributed by atoms with van der Waals surface area (Å²) in [6.45, 7) is 3.95. The highest BCUT2D eigenvalue weighted by molar-refractivity contribution is 9.10. The quantitative estimate of drug-likeness (QED) is 0.903. The number of rotatable bonds is 4. The fourth-order valence-electron chi connectivity index (χ4n) is 0.812. The van der Waals surface area contributed by atoms with E-state index < -0.39 is 5.60 Å². The lowest BCUT2D eigenvalue weighted by Gasteiger charge is -2.21. The monoisotopic (exact) mass is 259 g/mol. The number of aliphatic hydroxyl groups is 1. The Labute approximate surface area is 92.3 Å².